The maximum absolute atomic E-state index is 11.5. The van der Waals surface area contributed by atoms with Crippen molar-refractivity contribution < 1.29 is 14.6 Å². The molecule has 0 fully saturated rings. The number of carbonyl (C=O) groups excluding carboxylic acids is 1. The Kier molecular flexibility index (Phi) is 15.3. The minimum absolute atomic E-state index is 0.0378. The van der Waals surface area contributed by atoms with Gasteiger partial charge in [0.25, 0.3) is 0 Å². The van der Waals surface area contributed by atoms with Crippen LogP contribution in [0.4, 0.5) is 0 Å². The highest BCUT2D eigenvalue weighted by molar-refractivity contribution is 5.75. The Labute approximate surface area is 130 Å². The molecule has 21 heavy (non-hydrogen) atoms. The van der Waals surface area contributed by atoms with Crippen LogP contribution in [0.1, 0.15) is 78.1 Å². The SMILES string of the molecule is CCCCCCCCCCCCOC(=O)C(C)NCCO. The van der Waals surface area contributed by atoms with E-state index in [1.165, 1.54) is 51.4 Å². The second kappa shape index (κ2) is 15.8. The van der Waals surface area contributed by atoms with E-state index in [2.05, 4.69) is 12.2 Å². The number of carbonyl (C=O) groups is 1. The average molecular weight is 301 g/mol. The number of unbranched alkanes of at least 4 members (excludes halogenated alkanes) is 9. The number of rotatable bonds is 15. The van der Waals surface area contributed by atoms with Crippen molar-refractivity contribution in [2.45, 2.75) is 84.1 Å². The summed E-state index contributed by atoms with van der Waals surface area (Å²) in [6.07, 6.45) is 12.8. The Morgan fingerprint density at radius 2 is 1.52 bits per heavy atom. The summed E-state index contributed by atoms with van der Waals surface area (Å²) in [6.45, 7) is 4.98. The van der Waals surface area contributed by atoms with Gasteiger partial charge < -0.3 is 15.2 Å². The second-order valence-electron chi connectivity index (χ2n) is 5.75. The summed E-state index contributed by atoms with van der Waals surface area (Å²) in [5, 5.41) is 11.6. The first-order valence-electron chi connectivity index (χ1n) is 8.73. The third-order valence-corrected chi connectivity index (χ3v) is 3.66. The molecule has 4 nitrogen and oxygen atoms in total. The molecule has 4 heteroatoms. The maximum Gasteiger partial charge on any atom is 0.322 e. The molecule has 0 bridgehead atoms. The lowest BCUT2D eigenvalue weighted by atomic mass is 10.1. The van der Waals surface area contributed by atoms with Crippen molar-refractivity contribution in [3.63, 3.8) is 0 Å². The van der Waals surface area contributed by atoms with Gasteiger partial charge in [0.05, 0.1) is 13.2 Å². The van der Waals surface area contributed by atoms with Gasteiger partial charge in [-0.25, -0.2) is 0 Å². The van der Waals surface area contributed by atoms with E-state index in [-0.39, 0.29) is 18.6 Å². The summed E-state index contributed by atoms with van der Waals surface area (Å²) in [4.78, 5) is 11.5. The highest BCUT2D eigenvalue weighted by atomic mass is 16.5. The van der Waals surface area contributed by atoms with E-state index in [0.717, 1.165) is 12.8 Å². The fourth-order valence-corrected chi connectivity index (χ4v) is 2.25. The fourth-order valence-electron chi connectivity index (χ4n) is 2.25. The number of nitrogens with one attached hydrogen (secondary N) is 1. The maximum atomic E-state index is 11.5. The lowest BCUT2D eigenvalue weighted by molar-refractivity contribution is -0.145. The zero-order valence-electron chi connectivity index (χ0n) is 14.0. The van der Waals surface area contributed by atoms with Crippen molar-refractivity contribution in [3.05, 3.63) is 0 Å². The molecule has 0 aromatic heterocycles. The Bertz CT molecular complexity index is 234. The first kappa shape index (κ1) is 20.4. The van der Waals surface area contributed by atoms with Gasteiger partial charge in [0.2, 0.25) is 0 Å². The normalized spacial score (nSPS) is 12.3. The second-order valence-corrected chi connectivity index (χ2v) is 5.75. The van der Waals surface area contributed by atoms with E-state index < -0.39 is 0 Å². The molecule has 0 aliphatic carbocycles. The van der Waals surface area contributed by atoms with Gasteiger partial charge in [-0.3, -0.25) is 4.79 Å². The molecule has 0 saturated carbocycles. The molecule has 0 radical (unpaired) electrons. The molecule has 0 aromatic carbocycles. The van der Waals surface area contributed by atoms with E-state index in [4.69, 9.17) is 9.84 Å². The summed E-state index contributed by atoms with van der Waals surface area (Å²) >= 11 is 0. The van der Waals surface area contributed by atoms with Crippen LogP contribution >= 0.6 is 0 Å². The molecule has 126 valence electrons. The van der Waals surface area contributed by atoms with E-state index in [0.29, 0.717) is 13.2 Å². The highest BCUT2D eigenvalue weighted by Crippen LogP contribution is 2.10. The number of hydrogen-bond donors (Lipinski definition) is 2. The quantitative estimate of drug-likeness (QED) is 0.359. The predicted octanol–water partition coefficient (Wildman–Crippen LogP) is 3.42. The van der Waals surface area contributed by atoms with Gasteiger partial charge in [-0.1, -0.05) is 64.7 Å². The number of aliphatic hydroxyl groups is 1. The standard InChI is InChI=1S/C17H35NO3/c1-3-4-5-6-7-8-9-10-11-12-15-21-17(20)16(2)18-13-14-19/h16,18-19H,3-15H2,1-2H3. The van der Waals surface area contributed by atoms with Crippen molar-refractivity contribution in [3.8, 4) is 0 Å². The van der Waals surface area contributed by atoms with E-state index in [1.54, 1.807) is 6.92 Å². The molecule has 2 N–H and O–H groups in total. The van der Waals surface area contributed by atoms with Gasteiger partial charge in [-0.2, -0.15) is 0 Å². The van der Waals surface area contributed by atoms with Crippen LogP contribution in [0.3, 0.4) is 0 Å². The van der Waals surface area contributed by atoms with Crippen LogP contribution in [0.25, 0.3) is 0 Å². The minimum Gasteiger partial charge on any atom is -0.465 e. The van der Waals surface area contributed by atoms with Gasteiger partial charge in [0.15, 0.2) is 0 Å². The van der Waals surface area contributed by atoms with Crippen LogP contribution in [0.15, 0.2) is 0 Å². The molecule has 0 spiro atoms. The molecular weight excluding hydrogens is 266 g/mol. The molecule has 1 atom stereocenters. The lowest BCUT2D eigenvalue weighted by Gasteiger charge is -2.12. The average Bonchev–Trinajstić information content (AvgIpc) is 2.49. The van der Waals surface area contributed by atoms with Crippen molar-refractivity contribution >= 4 is 5.97 Å². The number of esters is 1. The molecule has 0 aliphatic rings. The van der Waals surface area contributed by atoms with Gasteiger partial charge in [0, 0.05) is 6.54 Å². The van der Waals surface area contributed by atoms with Crippen molar-refractivity contribution in [1.82, 2.24) is 5.32 Å². The Morgan fingerprint density at radius 1 is 1.00 bits per heavy atom. The molecule has 1 unspecified atom stereocenters. The van der Waals surface area contributed by atoms with Gasteiger partial charge in [-0.05, 0) is 13.3 Å². The zero-order valence-corrected chi connectivity index (χ0v) is 14.0. The van der Waals surface area contributed by atoms with Crippen LogP contribution in [0, 0.1) is 0 Å². The Hall–Kier alpha value is -0.610. The van der Waals surface area contributed by atoms with Crippen molar-refractivity contribution in [2.24, 2.45) is 0 Å². The van der Waals surface area contributed by atoms with Crippen LogP contribution in [0.2, 0.25) is 0 Å². The van der Waals surface area contributed by atoms with Gasteiger partial charge in [-0.15, -0.1) is 0 Å². The predicted molar refractivity (Wildman–Crippen MR) is 87.4 cm³/mol. The molecule has 0 amide bonds. The topological polar surface area (TPSA) is 58.6 Å². The fraction of sp³-hybridized carbons (Fsp3) is 0.941. The lowest BCUT2D eigenvalue weighted by Crippen LogP contribution is -2.37. The number of hydrogen-bond acceptors (Lipinski definition) is 4. The van der Waals surface area contributed by atoms with Crippen LogP contribution in [-0.2, 0) is 9.53 Å². The third-order valence-electron chi connectivity index (χ3n) is 3.66. The summed E-state index contributed by atoms with van der Waals surface area (Å²) in [7, 11) is 0. The molecular formula is C17H35NO3. The van der Waals surface area contributed by atoms with Crippen molar-refractivity contribution in [1.29, 1.82) is 0 Å². The van der Waals surface area contributed by atoms with E-state index in [1.807, 2.05) is 0 Å². The Balaban J connectivity index is 3.23. The molecule has 0 heterocycles. The summed E-state index contributed by atoms with van der Waals surface area (Å²) < 4.78 is 5.19. The third kappa shape index (κ3) is 14.1. The molecule has 0 saturated heterocycles. The first-order chi connectivity index (χ1) is 10.2. The van der Waals surface area contributed by atoms with Crippen LogP contribution in [0.5, 0.6) is 0 Å². The largest absolute Gasteiger partial charge is 0.465 e. The van der Waals surface area contributed by atoms with Crippen LogP contribution < -0.4 is 5.32 Å². The monoisotopic (exact) mass is 301 g/mol. The van der Waals surface area contributed by atoms with Gasteiger partial charge >= 0.3 is 5.97 Å². The minimum atomic E-state index is -0.333. The molecule has 0 aliphatic heterocycles. The van der Waals surface area contributed by atoms with Crippen molar-refractivity contribution in [2.75, 3.05) is 19.8 Å². The van der Waals surface area contributed by atoms with Crippen LogP contribution in [-0.4, -0.2) is 36.9 Å². The number of aliphatic hydroxyl groups excluding tert-OH is 1. The van der Waals surface area contributed by atoms with Gasteiger partial charge in [0.1, 0.15) is 6.04 Å². The summed E-state index contributed by atoms with van der Waals surface area (Å²) in [6, 6.07) is -0.333. The molecule has 0 aromatic rings. The summed E-state index contributed by atoms with van der Waals surface area (Å²) in [5.41, 5.74) is 0. The van der Waals surface area contributed by atoms with E-state index >= 15 is 0 Å². The first-order valence-corrected chi connectivity index (χ1v) is 8.73. The summed E-state index contributed by atoms with van der Waals surface area (Å²) in [5.74, 6) is -0.223. The highest BCUT2D eigenvalue weighted by Gasteiger charge is 2.12. The smallest absolute Gasteiger partial charge is 0.322 e. The number of ether oxygens (including phenoxy) is 1. The Morgan fingerprint density at radius 3 is 2.05 bits per heavy atom. The molecule has 0 rings (SSSR count). The zero-order chi connectivity index (χ0) is 15.8. The van der Waals surface area contributed by atoms with E-state index in [9.17, 15) is 4.79 Å².